The number of hydrogen-bond donors (Lipinski definition) is 3. The van der Waals surface area contributed by atoms with E-state index in [1.54, 1.807) is 0 Å². The van der Waals surface area contributed by atoms with Crippen molar-refractivity contribution in [1.82, 2.24) is 5.32 Å². The van der Waals surface area contributed by atoms with E-state index >= 15 is 0 Å². The molecule has 0 aliphatic carbocycles. The molecule has 1 atom stereocenters. The lowest BCUT2D eigenvalue weighted by Gasteiger charge is -2.27. The van der Waals surface area contributed by atoms with Gasteiger partial charge in [-0.25, -0.2) is 0 Å². The fourth-order valence-corrected chi connectivity index (χ4v) is 2.20. The molecule has 0 bridgehead atoms. The van der Waals surface area contributed by atoms with Crippen LogP contribution in [0.4, 0.5) is 0 Å². The molecule has 22 heavy (non-hydrogen) atoms. The number of carbonyl (C=O) groups is 1. The van der Waals surface area contributed by atoms with Crippen LogP contribution in [0.3, 0.4) is 0 Å². The summed E-state index contributed by atoms with van der Waals surface area (Å²) in [7, 11) is 0. The Morgan fingerprint density at radius 1 is 1.00 bits per heavy atom. The van der Waals surface area contributed by atoms with Crippen molar-refractivity contribution in [3.8, 4) is 0 Å². The van der Waals surface area contributed by atoms with Gasteiger partial charge in [-0.3, -0.25) is 4.79 Å². The van der Waals surface area contributed by atoms with Crippen LogP contribution in [0.5, 0.6) is 0 Å². The zero-order chi connectivity index (χ0) is 16.2. The van der Waals surface area contributed by atoms with Gasteiger partial charge in [-0.1, -0.05) is 60.7 Å². The SMILES string of the molecule is CC(C)(O)[C@H](N)C(=O)NC(c1ccccc1)c1ccccc1. The highest BCUT2D eigenvalue weighted by molar-refractivity contribution is 5.83. The van der Waals surface area contributed by atoms with Crippen molar-refractivity contribution < 1.29 is 9.90 Å². The fraction of sp³-hybridized carbons (Fsp3) is 0.278. The van der Waals surface area contributed by atoms with Gasteiger partial charge in [0.1, 0.15) is 6.04 Å². The summed E-state index contributed by atoms with van der Waals surface area (Å²) in [6, 6.07) is 18.1. The Bertz CT molecular complexity index is 566. The average Bonchev–Trinajstić information content (AvgIpc) is 2.52. The molecule has 0 unspecified atom stereocenters. The van der Waals surface area contributed by atoms with Gasteiger partial charge in [0, 0.05) is 0 Å². The first-order valence-electron chi connectivity index (χ1n) is 7.28. The molecule has 4 heteroatoms. The Kier molecular flexibility index (Phi) is 4.96. The molecule has 2 aromatic carbocycles. The number of amides is 1. The van der Waals surface area contributed by atoms with Crippen LogP contribution in [0.25, 0.3) is 0 Å². The van der Waals surface area contributed by atoms with Crippen molar-refractivity contribution in [2.45, 2.75) is 31.5 Å². The molecule has 0 fully saturated rings. The maximum absolute atomic E-state index is 12.4. The molecular formula is C18H22N2O2. The maximum Gasteiger partial charge on any atom is 0.240 e. The van der Waals surface area contributed by atoms with Crippen LogP contribution in [0.15, 0.2) is 60.7 Å². The monoisotopic (exact) mass is 298 g/mol. The van der Waals surface area contributed by atoms with E-state index in [4.69, 9.17) is 5.73 Å². The number of aliphatic hydroxyl groups is 1. The number of benzene rings is 2. The van der Waals surface area contributed by atoms with Crippen molar-refractivity contribution in [2.75, 3.05) is 0 Å². The highest BCUT2D eigenvalue weighted by Crippen LogP contribution is 2.22. The van der Waals surface area contributed by atoms with Crippen molar-refractivity contribution in [1.29, 1.82) is 0 Å². The van der Waals surface area contributed by atoms with Crippen LogP contribution in [0, 0.1) is 0 Å². The second kappa shape index (κ2) is 6.73. The summed E-state index contributed by atoms with van der Waals surface area (Å²) in [6.45, 7) is 3.05. The average molecular weight is 298 g/mol. The zero-order valence-electron chi connectivity index (χ0n) is 12.9. The van der Waals surface area contributed by atoms with Gasteiger partial charge in [0.25, 0.3) is 0 Å². The van der Waals surface area contributed by atoms with E-state index in [0.717, 1.165) is 11.1 Å². The number of rotatable bonds is 5. The number of hydrogen-bond acceptors (Lipinski definition) is 3. The smallest absolute Gasteiger partial charge is 0.240 e. The predicted molar refractivity (Wildman–Crippen MR) is 87.1 cm³/mol. The summed E-state index contributed by atoms with van der Waals surface area (Å²) >= 11 is 0. The normalized spacial score (nSPS) is 13.0. The van der Waals surface area contributed by atoms with Gasteiger partial charge in [0.2, 0.25) is 5.91 Å². The quantitative estimate of drug-likeness (QED) is 0.790. The molecule has 2 aromatic rings. The van der Waals surface area contributed by atoms with Crippen molar-refractivity contribution in [3.63, 3.8) is 0 Å². The molecule has 0 saturated heterocycles. The minimum absolute atomic E-state index is 0.303. The van der Waals surface area contributed by atoms with Crippen LogP contribution in [-0.4, -0.2) is 22.7 Å². The van der Waals surface area contributed by atoms with Crippen LogP contribution in [-0.2, 0) is 4.79 Å². The summed E-state index contributed by atoms with van der Waals surface area (Å²) in [4.78, 5) is 12.4. The molecule has 0 aromatic heterocycles. The first-order valence-corrected chi connectivity index (χ1v) is 7.28. The zero-order valence-corrected chi connectivity index (χ0v) is 12.9. The summed E-state index contributed by atoms with van der Waals surface area (Å²) in [6.07, 6.45) is 0. The third-order valence-corrected chi connectivity index (χ3v) is 3.60. The molecule has 0 radical (unpaired) electrons. The van der Waals surface area contributed by atoms with E-state index < -0.39 is 11.6 Å². The third kappa shape index (κ3) is 3.93. The van der Waals surface area contributed by atoms with Crippen LogP contribution >= 0.6 is 0 Å². The first kappa shape index (κ1) is 16.2. The van der Waals surface area contributed by atoms with Crippen LogP contribution in [0.2, 0.25) is 0 Å². The highest BCUT2D eigenvalue weighted by Gasteiger charge is 2.31. The molecule has 116 valence electrons. The molecule has 2 rings (SSSR count). The Hall–Kier alpha value is -2.17. The van der Waals surface area contributed by atoms with Crippen molar-refractivity contribution in [3.05, 3.63) is 71.8 Å². The van der Waals surface area contributed by atoms with E-state index in [2.05, 4.69) is 5.32 Å². The van der Waals surface area contributed by atoms with Gasteiger partial charge in [0.15, 0.2) is 0 Å². The van der Waals surface area contributed by atoms with E-state index in [-0.39, 0.29) is 11.9 Å². The predicted octanol–water partition coefficient (Wildman–Crippen LogP) is 1.99. The standard InChI is InChI=1S/C18H22N2O2/c1-18(2,22)16(19)17(21)20-15(13-9-5-3-6-10-13)14-11-7-4-8-12-14/h3-12,15-16,22H,19H2,1-2H3,(H,20,21)/t16-/m1/s1. The summed E-state index contributed by atoms with van der Waals surface area (Å²) in [5.41, 5.74) is 6.49. The molecule has 0 saturated carbocycles. The Labute approximate surface area is 131 Å². The lowest BCUT2D eigenvalue weighted by atomic mass is 9.95. The molecular weight excluding hydrogens is 276 g/mol. The number of nitrogens with two attached hydrogens (primary N) is 1. The molecule has 0 heterocycles. The van der Waals surface area contributed by atoms with E-state index in [0.29, 0.717) is 0 Å². The Morgan fingerprint density at radius 2 is 1.41 bits per heavy atom. The number of nitrogens with one attached hydrogen (secondary N) is 1. The topological polar surface area (TPSA) is 75.3 Å². The number of carbonyl (C=O) groups excluding carboxylic acids is 1. The van der Waals surface area contributed by atoms with Gasteiger partial charge in [-0.05, 0) is 25.0 Å². The molecule has 4 nitrogen and oxygen atoms in total. The van der Waals surface area contributed by atoms with E-state index in [1.165, 1.54) is 13.8 Å². The van der Waals surface area contributed by atoms with E-state index in [1.807, 2.05) is 60.7 Å². The molecule has 4 N–H and O–H groups in total. The molecule has 0 aliphatic rings. The lowest BCUT2D eigenvalue weighted by Crippen LogP contribution is -2.54. The third-order valence-electron chi connectivity index (χ3n) is 3.60. The summed E-state index contributed by atoms with van der Waals surface area (Å²) < 4.78 is 0. The fourth-order valence-electron chi connectivity index (χ4n) is 2.20. The van der Waals surface area contributed by atoms with Crippen molar-refractivity contribution >= 4 is 5.91 Å². The molecule has 1 amide bonds. The highest BCUT2D eigenvalue weighted by atomic mass is 16.3. The minimum Gasteiger partial charge on any atom is -0.388 e. The van der Waals surface area contributed by atoms with Crippen molar-refractivity contribution in [2.24, 2.45) is 5.73 Å². The van der Waals surface area contributed by atoms with Gasteiger partial charge < -0.3 is 16.2 Å². The van der Waals surface area contributed by atoms with Gasteiger partial charge in [-0.15, -0.1) is 0 Å². The minimum atomic E-state index is -1.28. The largest absolute Gasteiger partial charge is 0.388 e. The van der Waals surface area contributed by atoms with E-state index in [9.17, 15) is 9.90 Å². The maximum atomic E-state index is 12.4. The summed E-state index contributed by atoms with van der Waals surface area (Å²) in [5, 5.41) is 12.9. The summed E-state index contributed by atoms with van der Waals surface area (Å²) in [5.74, 6) is -0.384. The Morgan fingerprint density at radius 3 is 1.77 bits per heavy atom. The Balaban J connectivity index is 2.29. The molecule has 0 aliphatic heterocycles. The second-order valence-electron chi connectivity index (χ2n) is 5.89. The van der Waals surface area contributed by atoms with Crippen LogP contribution in [0.1, 0.15) is 31.0 Å². The van der Waals surface area contributed by atoms with Crippen LogP contribution < -0.4 is 11.1 Å². The first-order chi connectivity index (χ1) is 10.4. The van der Waals surface area contributed by atoms with Gasteiger partial charge in [-0.2, -0.15) is 0 Å². The second-order valence-corrected chi connectivity index (χ2v) is 5.89. The molecule has 0 spiro atoms. The lowest BCUT2D eigenvalue weighted by molar-refractivity contribution is -0.127. The van der Waals surface area contributed by atoms with Gasteiger partial charge in [0.05, 0.1) is 11.6 Å². The van der Waals surface area contributed by atoms with Gasteiger partial charge >= 0.3 is 0 Å².